The second-order valence-corrected chi connectivity index (χ2v) is 7.66. The molecule has 3 radical (unpaired) electrons. The van der Waals surface area contributed by atoms with Gasteiger partial charge < -0.3 is 2.85 Å². The summed E-state index contributed by atoms with van der Waals surface area (Å²) in [5.41, 5.74) is 4.53. The van der Waals surface area contributed by atoms with Crippen LogP contribution >= 0.6 is 0 Å². The SMILES string of the molecule is CC.CC.Cc1cccc(C(C)(C)C)c1.[3H-].[3H-].[3H]c1ccc(C(C)(C)C)cc1.[V].[V].[V]. The third kappa shape index (κ3) is 18.2. The maximum Gasteiger partial charge on any atom is 0.0623 e. The monoisotopic (exact) mass is 503 g/mol. The van der Waals surface area contributed by atoms with Gasteiger partial charge >= 0.3 is 0 Å². The normalized spacial score (nSPS) is 9.61. The molecule has 0 unspecified atom stereocenters. The van der Waals surface area contributed by atoms with Gasteiger partial charge in [-0.3, -0.25) is 0 Å². The molecule has 2 rings (SSSR count). The van der Waals surface area contributed by atoms with Gasteiger partial charge in [-0.15, -0.1) is 0 Å². The molecule has 0 aliphatic carbocycles. The summed E-state index contributed by atoms with van der Waals surface area (Å²) in [7, 11) is 0. The maximum absolute atomic E-state index is 7.30. The Morgan fingerprint density at radius 1 is 0.643 bits per heavy atom. The summed E-state index contributed by atoms with van der Waals surface area (Å²) in [6, 6.07) is 17.0. The largest absolute Gasteiger partial charge is 1.00 e. The van der Waals surface area contributed by atoms with Gasteiger partial charge in [-0.25, -0.2) is 0 Å². The summed E-state index contributed by atoms with van der Waals surface area (Å²) in [6.45, 7) is 23.4. The molecule has 0 nitrogen and oxygen atoms in total. The molecule has 0 spiro atoms. The third-order valence-electron chi connectivity index (χ3n) is 3.47. The molecule has 0 aromatic heterocycles. The summed E-state index contributed by atoms with van der Waals surface area (Å²) < 4.78 is 7.30. The van der Waals surface area contributed by atoms with Crippen molar-refractivity contribution in [3.8, 4) is 0 Å². The van der Waals surface area contributed by atoms with E-state index < -0.39 is 0 Å². The first-order valence-corrected chi connectivity index (χ1v) is 9.64. The molecule has 0 atom stereocenters. The Morgan fingerprint density at radius 3 is 1.29 bits per heavy atom. The van der Waals surface area contributed by atoms with E-state index in [1.54, 1.807) is 0 Å². The van der Waals surface area contributed by atoms with Gasteiger partial charge in [0.15, 0.2) is 0 Å². The molecule has 2 aromatic carbocycles. The molecule has 0 saturated carbocycles. The molecule has 0 heterocycles. The predicted octanol–water partition coefficient (Wildman–Crippen LogP) is 8.55. The van der Waals surface area contributed by atoms with Gasteiger partial charge in [-0.1, -0.05) is 129 Å². The first kappa shape index (κ1) is 35.6. The fourth-order valence-electron chi connectivity index (χ4n) is 2.00. The fraction of sp³-hybridized carbons (Fsp3) is 0.520. The third-order valence-corrected chi connectivity index (χ3v) is 3.47. The van der Waals surface area contributed by atoms with E-state index in [1.807, 2.05) is 52.0 Å². The Labute approximate surface area is 217 Å². The van der Waals surface area contributed by atoms with E-state index >= 15 is 0 Å². The summed E-state index contributed by atoms with van der Waals surface area (Å²) in [5.74, 6) is 0. The smallest absolute Gasteiger partial charge is 0.0623 e. The van der Waals surface area contributed by atoms with Gasteiger partial charge in [0, 0.05) is 55.7 Å². The molecule has 0 aliphatic heterocycles. The summed E-state index contributed by atoms with van der Waals surface area (Å²) in [6.07, 6.45) is 0. The van der Waals surface area contributed by atoms with Crippen molar-refractivity contribution in [1.82, 2.24) is 0 Å². The van der Waals surface area contributed by atoms with Crippen molar-refractivity contribution in [3.63, 3.8) is 0 Å². The maximum atomic E-state index is 7.30. The molecule has 0 bridgehead atoms. The number of rotatable bonds is 0. The first-order valence-electron chi connectivity index (χ1n) is 10.1. The zero-order chi connectivity index (χ0) is 21.0. The van der Waals surface area contributed by atoms with Crippen LogP contribution in [0.1, 0.15) is 90.2 Å². The Bertz CT molecular complexity index is 603. The van der Waals surface area contributed by atoms with Crippen molar-refractivity contribution < 1.29 is 59.9 Å². The molecule has 0 aliphatic rings. The van der Waals surface area contributed by atoms with E-state index in [1.165, 1.54) is 16.7 Å². The van der Waals surface area contributed by atoms with Crippen LogP contribution in [0.2, 0.25) is 0 Å². The van der Waals surface area contributed by atoms with E-state index in [0.717, 1.165) is 0 Å². The van der Waals surface area contributed by atoms with Crippen LogP contribution in [0.15, 0.2) is 54.6 Å². The van der Waals surface area contributed by atoms with E-state index in [4.69, 9.17) is 1.37 Å². The van der Waals surface area contributed by atoms with Crippen molar-refractivity contribution in [3.05, 3.63) is 71.3 Å². The summed E-state index contributed by atoms with van der Waals surface area (Å²) >= 11 is 0. The van der Waals surface area contributed by atoms with Crippen molar-refractivity contribution in [2.75, 3.05) is 0 Å². The number of aryl methyl sites for hydroxylation is 1. The molecule has 0 saturated heterocycles. The average Bonchev–Trinajstić information content (AvgIpc) is 2.58. The van der Waals surface area contributed by atoms with Crippen LogP contribution in [0.5, 0.6) is 0 Å². The first-order chi connectivity index (χ1) is 12.0. The molecule has 2 aromatic rings. The number of benzene rings is 2. The Morgan fingerprint density at radius 2 is 1.00 bits per heavy atom. The van der Waals surface area contributed by atoms with E-state index in [0.29, 0.717) is 6.04 Å². The zero-order valence-corrected chi connectivity index (χ0v) is 24.2. The second-order valence-electron chi connectivity index (χ2n) is 7.66. The van der Waals surface area contributed by atoms with Crippen molar-refractivity contribution in [1.29, 1.82) is 0 Å². The van der Waals surface area contributed by atoms with Crippen LogP contribution in [0.3, 0.4) is 0 Å². The van der Waals surface area contributed by atoms with Crippen molar-refractivity contribution in [2.24, 2.45) is 0 Å². The number of hydrogen-bond donors (Lipinski definition) is 0. The van der Waals surface area contributed by atoms with Crippen molar-refractivity contribution >= 4 is 0 Å². The van der Waals surface area contributed by atoms with E-state index in [-0.39, 0.29) is 69.4 Å². The standard InChI is InChI=1S/C11H16.C10H14.2C2H6.3V.2H/c1-9-6-5-7-10(8-9)11(2,3)4;1-10(2,3)9-7-5-4-6-8-9;2*1-2;;;;;/h5-8H,1-4H3;4-8H,1-3H3;2*1-2H3;;;;;/q;;;;;;;2*-1/i;4T;;;;;;2*1+2. The summed E-state index contributed by atoms with van der Waals surface area (Å²) in [5, 5.41) is 0. The fourth-order valence-corrected chi connectivity index (χ4v) is 2.00. The van der Waals surface area contributed by atoms with E-state index in [9.17, 15) is 0 Å². The molecule has 28 heavy (non-hydrogen) atoms. The predicted molar refractivity (Wildman–Crippen MR) is 120 cm³/mol. The summed E-state index contributed by atoms with van der Waals surface area (Å²) in [4.78, 5) is 0. The Kier molecular flexibility index (Phi) is 26.0. The zero-order valence-electron chi connectivity index (χ0n) is 23.0. The van der Waals surface area contributed by atoms with Gasteiger partial charge in [0.1, 0.15) is 0 Å². The van der Waals surface area contributed by atoms with Crippen LogP contribution in [0.25, 0.3) is 0 Å². The molecule has 3 heteroatoms. The van der Waals surface area contributed by atoms with Gasteiger partial charge in [-0.2, -0.15) is 0 Å². The topological polar surface area (TPSA) is 0 Å². The van der Waals surface area contributed by atoms with Gasteiger partial charge in [0.05, 0.1) is 1.37 Å². The quantitative estimate of drug-likeness (QED) is 0.338. The molecule has 0 fully saturated rings. The minimum Gasteiger partial charge on any atom is -1.00 e. The minimum atomic E-state index is 0. The van der Waals surface area contributed by atoms with E-state index in [2.05, 4.69) is 72.7 Å². The Hall–Kier alpha value is 0.193. The average molecular weight is 503 g/mol. The second kappa shape index (κ2) is 20.5. The van der Waals surface area contributed by atoms with Gasteiger partial charge in [0.2, 0.25) is 0 Å². The van der Waals surface area contributed by atoms with Crippen LogP contribution in [0.4, 0.5) is 0 Å². The van der Waals surface area contributed by atoms with Crippen LogP contribution in [0, 0.1) is 6.92 Å². The molecule has 161 valence electrons. The van der Waals surface area contributed by atoms with Gasteiger partial charge in [0.25, 0.3) is 0 Å². The van der Waals surface area contributed by atoms with Crippen molar-refractivity contribution in [2.45, 2.75) is 87.0 Å². The molecule has 0 amide bonds. The van der Waals surface area contributed by atoms with Crippen LogP contribution in [-0.2, 0) is 66.5 Å². The molecular weight excluding hydrogens is 453 g/mol. The Balaban J connectivity index is -0.0000000561. The molecule has 0 N–H and O–H groups in total. The van der Waals surface area contributed by atoms with Crippen LogP contribution in [-0.4, -0.2) is 0 Å². The van der Waals surface area contributed by atoms with Crippen LogP contribution < -0.4 is 0 Å². The molecular formula is C25H44V3-2. The number of hydrogen-bond acceptors (Lipinski definition) is 0. The van der Waals surface area contributed by atoms with Gasteiger partial charge in [-0.05, 0) is 28.9 Å². The minimum absolute atomic E-state index is 0.